The van der Waals surface area contributed by atoms with Gasteiger partial charge in [0.25, 0.3) is 11.2 Å². The van der Waals surface area contributed by atoms with Crippen molar-refractivity contribution in [3.05, 3.63) is 80.3 Å². The average molecular weight is 314 g/mol. The van der Waals surface area contributed by atoms with E-state index in [1.165, 1.54) is 0 Å². The zero-order valence-electron chi connectivity index (χ0n) is 12.3. The van der Waals surface area contributed by atoms with Crippen LogP contribution < -0.4 is 5.56 Å². The van der Waals surface area contributed by atoms with Gasteiger partial charge in [0.1, 0.15) is 5.56 Å². The summed E-state index contributed by atoms with van der Waals surface area (Å²) in [7, 11) is 1.11. The van der Waals surface area contributed by atoms with Crippen molar-refractivity contribution >= 4 is 17.7 Å². The van der Waals surface area contributed by atoms with Crippen LogP contribution in [0, 0.1) is 10.1 Å². The lowest BCUT2D eigenvalue weighted by Gasteiger charge is -2.05. The molecule has 7 nitrogen and oxygen atoms in total. The van der Waals surface area contributed by atoms with Crippen molar-refractivity contribution in [1.82, 2.24) is 4.57 Å². The number of allylic oxidation sites excluding steroid dienone is 1. The zero-order valence-corrected chi connectivity index (χ0v) is 12.3. The Labute approximate surface area is 131 Å². The SMILES string of the molecule is COC(=O)c1cc([N+](=O)[O-])cn(C/C=C\c2ccccc2)c1=O. The molecule has 7 heteroatoms. The van der Waals surface area contributed by atoms with Crippen LogP contribution in [0.3, 0.4) is 0 Å². The number of benzene rings is 1. The third kappa shape index (κ3) is 3.91. The van der Waals surface area contributed by atoms with Crippen molar-refractivity contribution in [3.63, 3.8) is 0 Å². The van der Waals surface area contributed by atoms with Crippen molar-refractivity contribution in [2.75, 3.05) is 7.11 Å². The van der Waals surface area contributed by atoms with Crippen molar-refractivity contribution in [1.29, 1.82) is 0 Å². The molecule has 1 heterocycles. The molecule has 0 aliphatic heterocycles. The summed E-state index contributed by atoms with van der Waals surface area (Å²) in [5, 5.41) is 10.9. The first-order chi connectivity index (χ1) is 11.0. The Morgan fingerprint density at radius 2 is 2.04 bits per heavy atom. The van der Waals surface area contributed by atoms with Crippen molar-refractivity contribution in [2.24, 2.45) is 0 Å². The number of aromatic nitrogens is 1. The van der Waals surface area contributed by atoms with Crippen LogP contribution in [-0.4, -0.2) is 22.6 Å². The summed E-state index contributed by atoms with van der Waals surface area (Å²) in [6, 6.07) is 10.3. The Hall–Kier alpha value is -3.22. The Morgan fingerprint density at radius 3 is 2.65 bits per heavy atom. The van der Waals surface area contributed by atoms with Gasteiger partial charge in [-0.3, -0.25) is 14.9 Å². The van der Waals surface area contributed by atoms with Gasteiger partial charge in [0.15, 0.2) is 0 Å². The fourth-order valence-corrected chi connectivity index (χ4v) is 1.98. The molecule has 1 aromatic heterocycles. The van der Waals surface area contributed by atoms with E-state index in [1.54, 1.807) is 12.2 Å². The van der Waals surface area contributed by atoms with Gasteiger partial charge in [0.05, 0.1) is 18.2 Å². The second-order valence-corrected chi connectivity index (χ2v) is 4.63. The van der Waals surface area contributed by atoms with Gasteiger partial charge in [0, 0.05) is 12.6 Å². The summed E-state index contributed by atoms with van der Waals surface area (Å²) < 4.78 is 5.59. The molecule has 0 fully saturated rings. The Kier molecular flexibility index (Phi) is 5.03. The molecule has 0 aliphatic carbocycles. The second kappa shape index (κ2) is 7.17. The van der Waals surface area contributed by atoms with E-state index in [0.717, 1.165) is 29.5 Å². The molecule has 0 atom stereocenters. The summed E-state index contributed by atoms with van der Waals surface area (Å²) in [6.45, 7) is 0.0966. The number of nitrogens with zero attached hydrogens (tertiary/aromatic N) is 2. The highest BCUT2D eigenvalue weighted by atomic mass is 16.6. The van der Waals surface area contributed by atoms with Crippen molar-refractivity contribution < 1.29 is 14.5 Å². The first-order valence-electron chi connectivity index (χ1n) is 6.71. The molecule has 0 spiro atoms. The maximum atomic E-state index is 12.2. The van der Waals surface area contributed by atoms with E-state index in [4.69, 9.17) is 0 Å². The molecule has 0 saturated heterocycles. The standard InChI is InChI=1S/C16H14N2O5/c1-23-16(20)14-10-13(18(21)22)11-17(15(14)19)9-5-8-12-6-3-2-4-7-12/h2-8,10-11H,9H2,1H3/b8-5-. The van der Waals surface area contributed by atoms with Gasteiger partial charge < -0.3 is 9.30 Å². The molecule has 0 N–H and O–H groups in total. The molecule has 0 saturated carbocycles. The fourth-order valence-electron chi connectivity index (χ4n) is 1.98. The van der Waals surface area contributed by atoms with E-state index in [-0.39, 0.29) is 17.8 Å². The number of carbonyl (C=O) groups excluding carboxylic acids is 1. The normalized spacial score (nSPS) is 10.7. The van der Waals surface area contributed by atoms with E-state index >= 15 is 0 Å². The van der Waals surface area contributed by atoms with Gasteiger partial charge in [0.2, 0.25) is 0 Å². The number of esters is 1. The van der Waals surface area contributed by atoms with E-state index in [0.29, 0.717) is 0 Å². The van der Waals surface area contributed by atoms with Gasteiger partial charge in [-0.2, -0.15) is 0 Å². The van der Waals surface area contributed by atoms with Crippen molar-refractivity contribution in [2.45, 2.75) is 6.54 Å². The number of nitro groups is 1. The van der Waals surface area contributed by atoms with Crippen molar-refractivity contribution in [3.8, 4) is 0 Å². The molecule has 23 heavy (non-hydrogen) atoms. The topological polar surface area (TPSA) is 91.4 Å². The third-order valence-electron chi connectivity index (χ3n) is 3.10. The lowest BCUT2D eigenvalue weighted by atomic mass is 10.2. The van der Waals surface area contributed by atoms with Gasteiger partial charge >= 0.3 is 5.97 Å². The van der Waals surface area contributed by atoms with Gasteiger partial charge in [-0.05, 0) is 5.56 Å². The number of carbonyl (C=O) groups is 1. The molecule has 0 unspecified atom stereocenters. The molecule has 0 amide bonds. The van der Waals surface area contributed by atoms with Crippen LogP contribution in [0.1, 0.15) is 15.9 Å². The number of hydrogen-bond donors (Lipinski definition) is 0. The first kappa shape index (κ1) is 16.2. The van der Waals surface area contributed by atoms with Crippen LogP contribution in [0.15, 0.2) is 53.5 Å². The summed E-state index contributed by atoms with van der Waals surface area (Å²) in [6.07, 6.45) is 4.56. The zero-order chi connectivity index (χ0) is 16.8. The van der Waals surface area contributed by atoms with Crippen LogP contribution in [0.4, 0.5) is 5.69 Å². The maximum absolute atomic E-state index is 12.2. The van der Waals surface area contributed by atoms with E-state index in [1.807, 2.05) is 30.3 Å². The number of pyridine rings is 1. The van der Waals surface area contributed by atoms with E-state index in [9.17, 15) is 19.7 Å². The molecular formula is C16H14N2O5. The third-order valence-corrected chi connectivity index (χ3v) is 3.10. The Bertz CT molecular complexity index is 809. The van der Waals surface area contributed by atoms with Gasteiger partial charge in [-0.1, -0.05) is 42.5 Å². The average Bonchev–Trinajstić information content (AvgIpc) is 2.56. The predicted molar refractivity (Wildman–Crippen MR) is 84.2 cm³/mol. The Balaban J connectivity index is 2.35. The highest BCUT2D eigenvalue weighted by Crippen LogP contribution is 2.11. The highest BCUT2D eigenvalue weighted by Gasteiger charge is 2.19. The van der Waals surface area contributed by atoms with Crippen LogP contribution in [0.5, 0.6) is 0 Å². The minimum atomic E-state index is -0.903. The monoisotopic (exact) mass is 314 g/mol. The number of hydrogen-bond acceptors (Lipinski definition) is 5. The summed E-state index contributed by atoms with van der Waals surface area (Å²) in [5.74, 6) is -0.903. The van der Waals surface area contributed by atoms with E-state index in [2.05, 4.69) is 4.74 Å². The summed E-state index contributed by atoms with van der Waals surface area (Å²) in [4.78, 5) is 34.1. The molecule has 0 aliphatic rings. The van der Waals surface area contributed by atoms with Crippen LogP contribution >= 0.6 is 0 Å². The van der Waals surface area contributed by atoms with Gasteiger partial charge in [-0.15, -0.1) is 0 Å². The van der Waals surface area contributed by atoms with Crippen LogP contribution in [0.25, 0.3) is 6.08 Å². The molecule has 2 rings (SSSR count). The molecule has 118 valence electrons. The molecular weight excluding hydrogens is 300 g/mol. The second-order valence-electron chi connectivity index (χ2n) is 4.63. The summed E-state index contributed by atoms with van der Waals surface area (Å²) >= 11 is 0. The number of ether oxygens (including phenoxy) is 1. The minimum Gasteiger partial charge on any atom is -0.465 e. The first-order valence-corrected chi connectivity index (χ1v) is 6.71. The smallest absolute Gasteiger partial charge is 0.343 e. The van der Waals surface area contributed by atoms with Crippen LogP contribution in [-0.2, 0) is 11.3 Å². The van der Waals surface area contributed by atoms with Crippen LogP contribution in [0.2, 0.25) is 0 Å². The predicted octanol–water partition coefficient (Wildman–Crippen LogP) is 2.26. The molecule has 0 radical (unpaired) electrons. The highest BCUT2D eigenvalue weighted by molar-refractivity contribution is 5.89. The quantitative estimate of drug-likeness (QED) is 0.479. The van der Waals surface area contributed by atoms with E-state index < -0.39 is 16.5 Å². The number of methoxy groups -OCH3 is 1. The van der Waals surface area contributed by atoms with Gasteiger partial charge in [-0.25, -0.2) is 4.79 Å². The molecule has 2 aromatic rings. The Morgan fingerprint density at radius 1 is 1.35 bits per heavy atom. The molecule has 1 aromatic carbocycles. The minimum absolute atomic E-state index is 0.0966. The lowest BCUT2D eigenvalue weighted by molar-refractivity contribution is -0.385. The largest absolute Gasteiger partial charge is 0.465 e. The lowest BCUT2D eigenvalue weighted by Crippen LogP contribution is -2.26. The molecule has 0 bridgehead atoms. The summed E-state index contributed by atoms with van der Waals surface area (Å²) in [5.41, 5.74) is -0.424. The number of rotatable bonds is 5. The maximum Gasteiger partial charge on any atom is 0.343 e. The fraction of sp³-hybridized carbons (Fsp3) is 0.125.